The lowest BCUT2D eigenvalue weighted by Gasteiger charge is -2.13. The maximum Gasteiger partial charge on any atom is 0.324 e. The number of imide groups is 1. The van der Waals surface area contributed by atoms with Crippen molar-refractivity contribution < 1.29 is 14.3 Å². The molecule has 1 aliphatic heterocycles. The van der Waals surface area contributed by atoms with Crippen molar-refractivity contribution in [3.8, 4) is 5.75 Å². The van der Waals surface area contributed by atoms with Crippen molar-refractivity contribution in [1.82, 2.24) is 10.2 Å². The third-order valence-electron chi connectivity index (χ3n) is 4.03. The van der Waals surface area contributed by atoms with E-state index in [1.165, 1.54) is 10.3 Å². The van der Waals surface area contributed by atoms with Crippen LogP contribution in [0.15, 0.2) is 42.5 Å². The smallest absolute Gasteiger partial charge is 0.324 e. The Balaban J connectivity index is 1.51. The lowest BCUT2D eigenvalue weighted by atomic mass is 10.1. The third-order valence-corrected chi connectivity index (χ3v) is 4.03. The van der Waals surface area contributed by atoms with Crippen LogP contribution in [0, 0.1) is 0 Å². The monoisotopic (exact) mass is 312 g/mol. The molecular weight excluding hydrogens is 292 g/mol. The number of benzene rings is 2. The van der Waals surface area contributed by atoms with Crippen molar-refractivity contribution in [3.63, 3.8) is 0 Å². The van der Waals surface area contributed by atoms with Crippen molar-refractivity contribution in [3.05, 3.63) is 42.5 Å². The van der Waals surface area contributed by atoms with Gasteiger partial charge in [-0.05, 0) is 35.7 Å². The van der Waals surface area contributed by atoms with Gasteiger partial charge in [0.05, 0.1) is 6.61 Å². The molecule has 0 aliphatic carbocycles. The maximum atomic E-state index is 12.0. The second-order valence-corrected chi connectivity index (χ2v) is 5.61. The SMILES string of the molecule is CCC1NC(=O)N(CCCOc2ccc3ccccc3c2)C1=O. The van der Waals surface area contributed by atoms with E-state index in [4.69, 9.17) is 4.74 Å². The Bertz CT molecular complexity index is 729. The minimum absolute atomic E-state index is 0.136. The molecule has 120 valence electrons. The molecule has 1 atom stereocenters. The van der Waals surface area contributed by atoms with Crippen molar-refractivity contribution in [2.75, 3.05) is 13.2 Å². The summed E-state index contributed by atoms with van der Waals surface area (Å²) in [6, 6.07) is 13.4. The van der Waals surface area contributed by atoms with Crippen LogP contribution in [0.4, 0.5) is 4.79 Å². The summed E-state index contributed by atoms with van der Waals surface area (Å²) >= 11 is 0. The number of urea groups is 1. The maximum absolute atomic E-state index is 12.0. The van der Waals surface area contributed by atoms with Crippen LogP contribution in [-0.4, -0.2) is 36.0 Å². The molecule has 1 saturated heterocycles. The van der Waals surface area contributed by atoms with Gasteiger partial charge in [-0.2, -0.15) is 0 Å². The van der Waals surface area contributed by atoms with E-state index in [0.29, 0.717) is 26.0 Å². The molecule has 1 heterocycles. The van der Waals surface area contributed by atoms with Gasteiger partial charge in [-0.1, -0.05) is 37.3 Å². The molecule has 0 bridgehead atoms. The molecule has 2 aromatic rings. The molecule has 1 aliphatic rings. The van der Waals surface area contributed by atoms with Crippen molar-refractivity contribution in [2.24, 2.45) is 0 Å². The van der Waals surface area contributed by atoms with Crippen LogP contribution in [0.25, 0.3) is 10.8 Å². The number of carbonyl (C=O) groups excluding carboxylic acids is 2. The summed E-state index contributed by atoms with van der Waals surface area (Å²) in [6.45, 7) is 2.73. The number of hydrogen-bond donors (Lipinski definition) is 1. The number of nitrogens with zero attached hydrogens (tertiary/aromatic N) is 1. The van der Waals surface area contributed by atoms with Gasteiger partial charge in [0.1, 0.15) is 11.8 Å². The van der Waals surface area contributed by atoms with Gasteiger partial charge in [0, 0.05) is 6.54 Å². The molecule has 1 unspecified atom stereocenters. The first kappa shape index (κ1) is 15.3. The number of amides is 3. The van der Waals surface area contributed by atoms with Crippen molar-refractivity contribution in [1.29, 1.82) is 0 Å². The van der Waals surface area contributed by atoms with Crippen LogP contribution in [0.3, 0.4) is 0 Å². The average molecular weight is 312 g/mol. The zero-order valence-electron chi connectivity index (χ0n) is 13.1. The van der Waals surface area contributed by atoms with Gasteiger partial charge in [-0.25, -0.2) is 4.79 Å². The van der Waals surface area contributed by atoms with E-state index in [9.17, 15) is 9.59 Å². The zero-order chi connectivity index (χ0) is 16.2. The summed E-state index contributed by atoms with van der Waals surface area (Å²) in [4.78, 5) is 25.0. The second kappa shape index (κ2) is 6.69. The Morgan fingerprint density at radius 3 is 2.65 bits per heavy atom. The highest BCUT2D eigenvalue weighted by Gasteiger charge is 2.36. The molecule has 0 aromatic heterocycles. The van der Waals surface area contributed by atoms with Crippen molar-refractivity contribution in [2.45, 2.75) is 25.8 Å². The topological polar surface area (TPSA) is 58.6 Å². The number of ether oxygens (including phenoxy) is 1. The Labute approximate surface area is 135 Å². The van der Waals surface area contributed by atoms with Gasteiger partial charge in [-0.15, -0.1) is 0 Å². The van der Waals surface area contributed by atoms with E-state index in [-0.39, 0.29) is 18.0 Å². The summed E-state index contributed by atoms with van der Waals surface area (Å²) in [5, 5.41) is 4.98. The third kappa shape index (κ3) is 3.28. The second-order valence-electron chi connectivity index (χ2n) is 5.61. The van der Waals surface area contributed by atoms with Gasteiger partial charge in [0.25, 0.3) is 5.91 Å². The van der Waals surface area contributed by atoms with Crippen LogP contribution >= 0.6 is 0 Å². The Hall–Kier alpha value is -2.56. The highest BCUT2D eigenvalue weighted by Crippen LogP contribution is 2.20. The summed E-state index contributed by atoms with van der Waals surface area (Å²) in [6.07, 6.45) is 1.23. The highest BCUT2D eigenvalue weighted by molar-refractivity contribution is 6.04. The largest absolute Gasteiger partial charge is 0.494 e. The first-order valence-electron chi connectivity index (χ1n) is 7.92. The van der Waals surface area contributed by atoms with E-state index >= 15 is 0 Å². The van der Waals surface area contributed by atoms with Crippen LogP contribution in [-0.2, 0) is 4.79 Å². The normalized spacial score (nSPS) is 17.6. The molecule has 0 spiro atoms. The van der Waals surface area contributed by atoms with Gasteiger partial charge >= 0.3 is 6.03 Å². The Morgan fingerprint density at radius 1 is 1.13 bits per heavy atom. The summed E-state index contributed by atoms with van der Waals surface area (Å²) in [5.74, 6) is 0.663. The van der Waals surface area contributed by atoms with Crippen LogP contribution in [0.5, 0.6) is 5.75 Å². The molecule has 3 rings (SSSR count). The van der Waals surface area contributed by atoms with Crippen molar-refractivity contribution >= 4 is 22.7 Å². The molecule has 23 heavy (non-hydrogen) atoms. The summed E-state index contributed by atoms with van der Waals surface area (Å²) < 4.78 is 5.73. The molecule has 5 heteroatoms. The summed E-state index contributed by atoms with van der Waals surface area (Å²) in [5.41, 5.74) is 0. The van der Waals surface area contributed by atoms with Crippen LogP contribution < -0.4 is 10.1 Å². The van der Waals surface area contributed by atoms with E-state index in [0.717, 1.165) is 11.1 Å². The fourth-order valence-electron chi connectivity index (χ4n) is 2.74. The molecule has 3 amide bonds. The number of rotatable bonds is 6. The predicted molar refractivity (Wildman–Crippen MR) is 88.4 cm³/mol. The van der Waals surface area contributed by atoms with Crippen LogP contribution in [0.1, 0.15) is 19.8 Å². The molecule has 1 N–H and O–H groups in total. The van der Waals surface area contributed by atoms with E-state index < -0.39 is 0 Å². The lowest BCUT2D eigenvalue weighted by Crippen LogP contribution is -2.33. The zero-order valence-corrected chi connectivity index (χ0v) is 13.1. The first-order chi connectivity index (χ1) is 11.2. The molecule has 2 aromatic carbocycles. The van der Waals surface area contributed by atoms with E-state index in [2.05, 4.69) is 11.4 Å². The molecule has 1 fully saturated rings. The molecule has 5 nitrogen and oxygen atoms in total. The molecular formula is C18H20N2O3. The van der Waals surface area contributed by atoms with Crippen LogP contribution in [0.2, 0.25) is 0 Å². The molecule has 0 radical (unpaired) electrons. The van der Waals surface area contributed by atoms with Gasteiger partial charge in [0.2, 0.25) is 0 Å². The quantitative estimate of drug-likeness (QED) is 0.659. The fourth-order valence-corrected chi connectivity index (χ4v) is 2.74. The standard InChI is InChI=1S/C18H20N2O3/c1-2-16-17(21)20(18(22)19-16)10-5-11-23-15-9-8-13-6-3-4-7-14(13)12-15/h3-4,6-9,12,16H,2,5,10-11H2,1H3,(H,19,22). The van der Waals surface area contributed by atoms with Gasteiger partial charge < -0.3 is 10.1 Å². The highest BCUT2D eigenvalue weighted by atomic mass is 16.5. The Kier molecular flexibility index (Phi) is 4.46. The Morgan fingerprint density at radius 2 is 1.91 bits per heavy atom. The van der Waals surface area contributed by atoms with Gasteiger partial charge in [-0.3, -0.25) is 9.69 Å². The minimum Gasteiger partial charge on any atom is -0.494 e. The minimum atomic E-state index is -0.371. The first-order valence-corrected chi connectivity index (χ1v) is 7.92. The predicted octanol–water partition coefficient (Wildman–Crippen LogP) is 2.94. The fraction of sp³-hybridized carbons (Fsp3) is 0.333. The summed E-state index contributed by atoms with van der Waals surface area (Å²) in [7, 11) is 0. The van der Waals surface area contributed by atoms with E-state index in [1.54, 1.807) is 0 Å². The number of nitrogens with one attached hydrogen (secondary N) is 1. The average Bonchev–Trinajstić information content (AvgIpc) is 2.85. The van der Waals surface area contributed by atoms with Gasteiger partial charge in [0.15, 0.2) is 0 Å². The van der Waals surface area contributed by atoms with E-state index in [1.807, 2.05) is 43.3 Å². The number of carbonyl (C=O) groups is 2. The molecule has 0 saturated carbocycles. The number of fused-ring (bicyclic) bond motifs is 1. The lowest BCUT2D eigenvalue weighted by molar-refractivity contribution is -0.127. The number of hydrogen-bond acceptors (Lipinski definition) is 3.